The summed E-state index contributed by atoms with van der Waals surface area (Å²) in [6.07, 6.45) is 0. The van der Waals surface area contributed by atoms with Gasteiger partial charge in [0, 0.05) is 19.8 Å². The average Bonchev–Trinajstić information content (AvgIpc) is 2.49. The summed E-state index contributed by atoms with van der Waals surface area (Å²) in [4.78, 5) is 2.06. The van der Waals surface area contributed by atoms with Crippen molar-refractivity contribution >= 4 is 17.1 Å². The smallest absolute Gasteiger partial charge is 0.0858 e. The molecule has 0 heterocycles. The SMILES string of the molecule is CC.Cc1ccc(N=Nc2ccc(N(C)C)cc2)cc1. The first kappa shape index (κ1) is 15.9. The van der Waals surface area contributed by atoms with E-state index in [1.54, 1.807) is 0 Å². The van der Waals surface area contributed by atoms with Gasteiger partial charge < -0.3 is 4.90 Å². The van der Waals surface area contributed by atoms with Gasteiger partial charge in [-0.25, -0.2) is 0 Å². The fraction of sp³-hybridized carbons (Fsp3) is 0.294. The van der Waals surface area contributed by atoms with E-state index in [9.17, 15) is 0 Å². The van der Waals surface area contributed by atoms with E-state index in [2.05, 4.69) is 22.1 Å². The van der Waals surface area contributed by atoms with Crippen molar-refractivity contribution in [1.29, 1.82) is 0 Å². The number of benzene rings is 2. The van der Waals surface area contributed by atoms with Crippen LogP contribution in [0.4, 0.5) is 17.1 Å². The molecule has 0 radical (unpaired) electrons. The topological polar surface area (TPSA) is 28.0 Å². The van der Waals surface area contributed by atoms with E-state index < -0.39 is 0 Å². The average molecular weight is 269 g/mol. The molecular weight excluding hydrogens is 246 g/mol. The molecule has 0 fully saturated rings. The molecule has 0 spiro atoms. The molecule has 0 amide bonds. The van der Waals surface area contributed by atoms with E-state index in [1.165, 1.54) is 5.56 Å². The van der Waals surface area contributed by atoms with Gasteiger partial charge in [-0.15, -0.1) is 0 Å². The molecule has 0 bridgehead atoms. The Labute approximate surface area is 122 Å². The Morgan fingerprint density at radius 3 is 1.50 bits per heavy atom. The first-order valence-corrected chi connectivity index (χ1v) is 6.91. The Balaban J connectivity index is 0.000000956. The zero-order valence-corrected chi connectivity index (χ0v) is 13.0. The maximum atomic E-state index is 4.21. The third-order valence-corrected chi connectivity index (χ3v) is 2.68. The molecule has 0 unspecified atom stereocenters. The Morgan fingerprint density at radius 1 is 0.700 bits per heavy atom. The summed E-state index contributed by atoms with van der Waals surface area (Å²) in [5, 5.41) is 8.42. The van der Waals surface area contributed by atoms with E-state index in [1.807, 2.05) is 76.5 Å². The van der Waals surface area contributed by atoms with Gasteiger partial charge in [-0.05, 0) is 43.3 Å². The number of anilines is 1. The maximum Gasteiger partial charge on any atom is 0.0858 e. The van der Waals surface area contributed by atoms with E-state index in [0.717, 1.165) is 17.1 Å². The highest BCUT2D eigenvalue weighted by Crippen LogP contribution is 2.21. The molecule has 2 aromatic carbocycles. The first-order chi connectivity index (χ1) is 9.65. The van der Waals surface area contributed by atoms with Gasteiger partial charge in [0.1, 0.15) is 0 Å². The quantitative estimate of drug-likeness (QED) is 0.676. The van der Waals surface area contributed by atoms with Crippen molar-refractivity contribution in [1.82, 2.24) is 0 Å². The highest BCUT2D eigenvalue weighted by atomic mass is 15.1. The van der Waals surface area contributed by atoms with Crippen molar-refractivity contribution in [2.24, 2.45) is 10.2 Å². The second kappa shape index (κ2) is 8.10. The van der Waals surface area contributed by atoms with Crippen LogP contribution in [0.15, 0.2) is 58.8 Å². The summed E-state index contributed by atoms with van der Waals surface area (Å²) in [5.74, 6) is 0. The molecular formula is C17H23N3. The van der Waals surface area contributed by atoms with Crippen LogP contribution in [0.3, 0.4) is 0 Å². The Bertz CT molecular complexity index is 525. The summed E-state index contributed by atoms with van der Waals surface area (Å²) in [5.41, 5.74) is 4.12. The van der Waals surface area contributed by atoms with Gasteiger partial charge >= 0.3 is 0 Å². The van der Waals surface area contributed by atoms with Gasteiger partial charge in [0.05, 0.1) is 11.4 Å². The third kappa shape index (κ3) is 4.84. The summed E-state index contributed by atoms with van der Waals surface area (Å²) in [6.45, 7) is 6.06. The minimum atomic E-state index is 0.862. The molecule has 0 saturated heterocycles. The molecule has 3 heteroatoms. The Kier molecular flexibility index (Phi) is 6.44. The number of rotatable bonds is 3. The lowest BCUT2D eigenvalue weighted by Gasteiger charge is -2.11. The number of nitrogens with zero attached hydrogens (tertiary/aromatic N) is 3. The fourth-order valence-corrected chi connectivity index (χ4v) is 1.54. The molecule has 0 aliphatic heterocycles. The minimum Gasteiger partial charge on any atom is -0.378 e. The van der Waals surface area contributed by atoms with Crippen LogP contribution in [0.2, 0.25) is 0 Å². The molecule has 3 nitrogen and oxygen atoms in total. The van der Waals surface area contributed by atoms with E-state index in [0.29, 0.717) is 0 Å². The van der Waals surface area contributed by atoms with Crippen molar-refractivity contribution in [3.8, 4) is 0 Å². The number of hydrogen-bond donors (Lipinski definition) is 0. The highest BCUT2D eigenvalue weighted by Gasteiger charge is 1.95. The lowest BCUT2D eigenvalue weighted by atomic mass is 10.2. The zero-order chi connectivity index (χ0) is 15.0. The van der Waals surface area contributed by atoms with Crippen LogP contribution < -0.4 is 4.90 Å². The molecule has 20 heavy (non-hydrogen) atoms. The minimum absolute atomic E-state index is 0.862. The van der Waals surface area contributed by atoms with E-state index >= 15 is 0 Å². The lowest BCUT2D eigenvalue weighted by molar-refractivity contribution is 1.13. The van der Waals surface area contributed by atoms with Crippen LogP contribution >= 0.6 is 0 Å². The Morgan fingerprint density at radius 2 is 1.10 bits per heavy atom. The molecule has 2 rings (SSSR count). The largest absolute Gasteiger partial charge is 0.378 e. The fourth-order valence-electron chi connectivity index (χ4n) is 1.54. The van der Waals surface area contributed by atoms with Crippen LogP contribution in [-0.4, -0.2) is 14.1 Å². The number of hydrogen-bond acceptors (Lipinski definition) is 3. The van der Waals surface area contributed by atoms with Gasteiger partial charge in [0.15, 0.2) is 0 Å². The molecule has 2 aromatic rings. The van der Waals surface area contributed by atoms with Gasteiger partial charge in [-0.3, -0.25) is 0 Å². The van der Waals surface area contributed by atoms with Crippen molar-refractivity contribution in [2.75, 3.05) is 19.0 Å². The summed E-state index contributed by atoms with van der Waals surface area (Å²) >= 11 is 0. The molecule has 0 atom stereocenters. The monoisotopic (exact) mass is 269 g/mol. The first-order valence-electron chi connectivity index (χ1n) is 6.91. The summed E-state index contributed by atoms with van der Waals surface area (Å²) < 4.78 is 0. The maximum absolute atomic E-state index is 4.21. The van der Waals surface area contributed by atoms with Gasteiger partial charge in [0.25, 0.3) is 0 Å². The van der Waals surface area contributed by atoms with Gasteiger partial charge in [-0.2, -0.15) is 10.2 Å². The van der Waals surface area contributed by atoms with E-state index in [-0.39, 0.29) is 0 Å². The van der Waals surface area contributed by atoms with Gasteiger partial charge in [0.2, 0.25) is 0 Å². The second-order valence-corrected chi connectivity index (χ2v) is 4.45. The standard InChI is InChI=1S/C15H17N3.C2H6/c1-12-4-6-13(7-5-12)16-17-14-8-10-15(11-9-14)18(2)3;1-2/h4-11H,1-3H3;1-2H3. The number of aryl methyl sites for hydroxylation is 1. The van der Waals surface area contributed by atoms with Crippen LogP contribution in [0.5, 0.6) is 0 Å². The zero-order valence-electron chi connectivity index (χ0n) is 13.0. The molecule has 0 aliphatic carbocycles. The van der Waals surface area contributed by atoms with Gasteiger partial charge in [-0.1, -0.05) is 31.5 Å². The van der Waals surface area contributed by atoms with Crippen LogP contribution in [0.25, 0.3) is 0 Å². The lowest BCUT2D eigenvalue weighted by Crippen LogP contribution is -2.07. The predicted octanol–water partition coefficient (Wildman–Crippen LogP) is 5.50. The second-order valence-electron chi connectivity index (χ2n) is 4.45. The molecule has 106 valence electrons. The van der Waals surface area contributed by atoms with E-state index in [4.69, 9.17) is 0 Å². The van der Waals surface area contributed by atoms with Crippen molar-refractivity contribution in [3.05, 3.63) is 54.1 Å². The normalized spacial score (nSPS) is 10.1. The van der Waals surface area contributed by atoms with Crippen molar-refractivity contribution in [3.63, 3.8) is 0 Å². The van der Waals surface area contributed by atoms with Crippen LogP contribution in [-0.2, 0) is 0 Å². The third-order valence-electron chi connectivity index (χ3n) is 2.68. The van der Waals surface area contributed by atoms with Crippen molar-refractivity contribution in [2.45, 2.75) is 20.8 Å². The Hall–Kier alpha value is -2.16. The molecule has 0 saturated carbocycles. The highest BCUT2D eigenvalue weighted by molar-refractivity contribution is 5.52. The molecule has 0 aromatic heterocycles. The van der Waals surface area contributed by atoms with Crippen LogP contribution in [0, 0.1) is 6.92 Å². The molecule has 0 aliphatic rings. The van der Waals surface area contributed by atoms with Crippen molar-refractivity contribution < 1.29 is 0 Å². The summed E-state index contributed by atoms with van der Waals surface area (Å²) in [6, 6.07) is 16.0. The van der Waals surface area contributed by atoms with Crippen LogP contribution in [0.1, 0.15) is 19.4 Å². The summed E-state index contributed by atoms with van der Waals surface area (Å²) in [7, 11) is 4.03. The molecule has 0 N–H and O–H groups in total. The predicted molar refractivity (Wildman–Crippen MR) is 87.5 cm³/mol. The number of azo groups is 1.